The van der Waals surface area contributed by atoms with Crippen LogP contribution in [0.3, 0.4) is 0 Å². The number of nitrogens with zero attached hydrogens (tertiary/aromatic N) is 1. The Labute approximate surface area is 102 Å². The van der Waals surface area contributed by atoms with Crippen LogP contribution in [-0.2, 0) is 6.54 Å². The van der Waals surface area contributed by atoms with E-state index in [1.54, 1.807) is 0 Å². The van der Waals surface area contributed by atoms with E-state index in [1.165, 1.54) is 13.1 Å². The zero-order valence-electron chi connectivity index (χ0n) is 9.78. The van der Waals surface area contributed by atoms with E-state index >= 15 is 0 Å². The summed E-state index contributed by atoms with van der Waals surface area (Å²) in [5.74, 6) is 0. The second kappa shape index (κ2) is 5.91. The highest BCUT2D eigenvalue weighted by Crippen LogP contribution is 2.02. The number of aromatic nitrogens is 2. The van der Waals surface area contributed by atoms with Gasteiger partial charge in [-0.2, -0.15) is 0 Å². The first kappa shape index (κ1) is 14.6. The van der Waals surface area contributed by atoms with Gasteiger partial charge in [-0.3, -0.25) is 14.3 Å². The Hall–Kier alpha value is -1.48. The molecular formula is C10H16N2O6. The van der Waals surface area contributed by atoms with Gasteiger partial charge in [0.2, 0.25) is 0 Å². The number of aryl methyl sites for hydroxylation is 1. The van der Waals surface area contributed by atoms with Crippen LogP contribution in [0.5, 0.6) is 0 Å². The van der Waals surface area contributed by atoms with Gasteiger partial charge in [0.25, 0.3) is 5.56 Å². The average Bonchev–Trinajstić information content (AvgIpc) is 2.33. The van der Waals surface area contributed by atoms with Crippen molar-refractivity contribution in [3.8, 4) is 0 Å². The summed E-state index contributed by atoms with van der Waals surface area (Å²) < 4.78 is 1.01. The molecule has 8 nitrogen and oxygen atoms in total. The zero-order chi connectivity index (χ0) is 13.9. The van der Waals surface area contributed by atoms with Gasteiger partial charge in [0.05, 0.1) is 13.2 Å². The molecule has 0 aromatic carbocycles. The van der Waals surface area contributed by atoms with Gasteiger partial charge in [-0.25, -0.2) is 4.79 Å². The van der Waals surface area contributed by atoms with Crippen LogP contribution in [0.1, 0.15) is 5.56 Å². The topological polar surface area (TPSA) is 136 Å². The van der Waals surface area contributed by atoms with Gasteiger partial charge in [0, 0.05) is 11.8 Å². The fourth-order valence-electron chi connectivity index (χ4n) is 1.43. The summed E-state index contributed by atoms with van der Waals surface area (Å²) in [5, 5.41) is 36.8. The van der Waals surface area contributed by atoms with E-state index in [0.29, 0.717) is 0 Å². The van der Waals surface area contributed by atoms with Crippen molar-refractivity contribution in [2.45, 2.75) is 31.8 Å². The molecule has 0 saturated heterocycles. The summed E-state index contributed by atoms with van der Waals surface area (Å²) in [4.78, 5) is 24.5. The average molecular weight is 260 g/mol. The third-order valence-electron chi connectivity index (χ3n) is 2.55. The number of aromatic amines is 1. The van der Waals surface area contributed by atoms with Gasteiger partial charge in [-0.05, 0) is 6.92 Å². The molecule has 1 heterocycles. The molecule has 0 saturated carbocycles. The van der Waals surface area contributed by atoms with Gasteiger partial charge < -0.3 is 20.4 Å². The third-order valence-corrected chi connectivity index (χ3v) is 2.55. The molecule has 0 fully saturated rings. The molecule has 0 radical (unpaired) electrons. The van der Waals surface area contributed by atoms with Crippen molar-refractivity contribution < 1.29 is 20.4 Å². The minimum atomic E-state index is -1.59. The Kier molecular flexibility index (Phi) is 4.79. The highest BCUT2D eigenvalue weighted by atomic mass is 16.4. The van der Waals surface area contributed by atoms with E-state index in [4.69, 9.17) is 10.2 Å². The molecule has 0 amide bonds. The van der Waals surface area contributed by atoms with Gasteiger partial charge in [-0.15, -0.1) is 0 Å². The van der Waals surface area contributed by atoms with E-state index < -0.39 is 36.2 Å². The molecule has 1 aromatic heterocycles. The first-order chi connectivity index (χ1) is 8.36. The smallest absolute Gasteiger partial charge is 0.328 e. The van der Waals surface area contributed by atoms with Crippen LogP contribution >= 0.6 is 0 Å². The standard InChI is InChI=1S/C10H16N2O6/c1-5-2-12(10(18)11-9(5)17)3-6(14)8(16)7(15)4-13/h2,6-8,13-16H,3-4H2,1H3,(H,11,17,18)/t6-,7+,8+/m0/s1. The molecule has 0 aliphatic heterocycles. The van der Waals surface area contributed by atoms with E-state index in [9.17, 15) is 19.8 Å². The van der Waals surface area contributed by atoms with Gasteiger partial charge in [-0.1, -0.05) is 0 Å². The van der Waals surface area contributed by atoms with E-state index in [-0.39, 0.29) is 12.1 Å². The van der Waals surface area contributed by atoms with Gasteiger partial charge >= 0.3 is 5.69 Å². The molecule has 8 heteroatoms. The summed E-state index contributed by atoms with van der Waals surface area (Å²) >= 11 is 0. The van der Waals surface area contributed by atoms with E-state index in [1.807, 2.05) is 4.98 Å². The predicted molar refractivity (Wildman–Crippen MR) is 61.2 cm³/mol. The van der Waals surface area contributed by atoms with Crippen LogP contribution < -0.4 is 11.2 Å². The largest absolute Gasteiger partial charge is 0.394 e. The Balaban J connectivity index is 2.88. The van der Waals surface area contributed by atoms with Crippen LogP contribution in [0.2, 0.25) is 0 Å². The SMILES string of the molecule is Cc1cn(C[C@H](O)[C@@H](O)[C@H](O)CO)c(=O)[nH]c1=O. The molecule has 3 atom stereocenters. The molecule has 0 aliphatic carbocycles. The van der Waals surface area contributed by atoms with Crippen molar-refractivity contribution in [2.24, 2.45) is 0 Å². The molecule has 1 aromatic rings. The van der Waals surface area contributed by atoms with Crippen molar-refractivity contribution in [3.63, 3.8) is 0 Å². The maximum Gasteiger partial charge on any atom is 0.328 e. The molecule has 0 spiro atoms. The van der Waals surface area contributed by atoms with E-state index in [2.05, 4.69) is 0 Å². The lowest BCUT2D eigenvalue weighted by atomic mass is 10.1. The molecule has 1 rings (SSSR count). The summed E-state index contributed by atoms with van der Waals surface area (Å²) in [6, 6.07) is 0. The first-order valence-corrected chi connectivity index (χ1v) is 5.32. The lowest BCUT2D eigenvalue weighted by Gasteiger charge is -2.22. The molecule has 0 unspecified atom stereocenters. The lowest BCUT2D eigenvalue weighted by molar-refractivity contribution is -0.0809. The van der Waals surface area contributed by atoms with Crippen molar-refractivity contribution in [1.82, 2.24) is 9.55 Å². The summed E-state index contributed by atoms with van der Waals surface area (Å²) in [5.41, 5.74) is -0.976. The second-order valence-electron chi connectivity index (χ2n) is 4.03. The first-order valence-electron chi connectivity index (χ1n) is 5.32. The van der Waals surface area contributed by atoms with Gasteiger partial charge in [0.1, 0.15) is 18.3 Å². The quantitative estimate of drug-likeness (QED) is 0.381. The van der Waals surface area contributed by atoms with Crippen molar-refractivity contribution in [3.05, 3.63) is 32.6 Å². The summed E-state index contributed by atoms with van der Waals surface area (Å²) in [6.07, 6.45) is -3.30. The maximum absolute atomic E-state index is 11.4. The van der Waals surface area contributed by atoms with Crippen LogP contribution in [0.25, 0.3) is 0 Å². The minimum Gasteiger partial charge on any atom is -0.394 e. The Morgan fingerprint density at radius 2 is 1.89 bits per heavy atom. The van der Waals surface area contributed by atoms with Crippen molar-refractivity contribution in [1.29, 1.82) is 0 Å². The fourth-order valence-corrected chi connectivity index (χ4v) is 1.43. The number of nitrogens with one attached hydrogen (secondary N) is 1. The molecule has 18 heavy (non-hydrogen) atoms. The number of aliphatic hydroxyl groups excluding tert-OH is 4. The highest BCUT2D eigenvalue weighted by Gasteiger charge is 2.24. The minimum absolute atomic E-state index is 0.277. The number of H-pyrrole nitrogens is 1. The number of hydrogen-bond donors (Lipinski definition) is 5. The van der Waals surface area contributed by atoms with Crippen LogP contribution in [0.4, 0.5) is 0 Å². The zero-order valence-corrected chi connectivity index (χ0v) is 9.78. The summed E-state index contributed by atoms with van der Waals surface area (Å²) in [6.45, 7) is 0.465. The highest BCUT2D eigenvalue weighted by molar-refractivity contribution is 5.01. The van der Waals surface area contributed by atoms with Crippen molar-refractivity contribution >= 4 is 0 Å². The fraction of sp³-hybridized carbons (Fsp3) is 0.600. The Bertz CT molecular complexity index is 508. The lowest BCUT2D eigenvalue weighted by Crippen LogP contribution is -2.44. The maximum atomic E-state index is 11.4. The number of rotatable bonds is 5. The Morgan fingerprint density at radius 1 is 1.28 bits per heavy atom. The monoisotopic (exact) mass is 260 g/mol. The van der Waals surface area contributed by atoms with E-state index in [0.717, 1.165) is 4.57 Å². The number of hydrogen-bond acceptors (Lipinski definition) is 6. The van der Waals surface area contributed by atoms with Crippen LogP contribution in [0, 0.1) is 6.92 Å². The second-order valence-corrected chi connectivity index (χ2v) is 4.03. The Morgan fingerprint density at radius 3 is 2.44 bits per heavy atom. The molecule has 5 N–H and O–H groups in total. The third kappa shape index (κ3) is 3.26. The van der Waals surface area contributed by atoms with Crippen LogP contribution in [0.15, 0.2) is 15.8 Å². The molecule has 0 bridgehead atoms. The molecule has 102 valence electrons. The molecule has 0 aliphatic rings. The predicted octanol–water partition coefficient (Wildman–Crippen LogP) is -3.08. The van der Waals surface area contributed by atoms with Gasteiger partial charge in [0.15, 0.2) is 0 Å². The summed E-state index contributed by atoms with van der Waals surface area (Å²) in [7, 11) is 0. The number of aliphatic hydroxyl groups is 4. The normalized spacial score (nSPS) is 16.3. The molecular weight excluding hydrogens is 244 g/mol. The van der Waals surface area contributed by atoms with Crippen molar-refractivity contribution in [2.75, 3.05) is 6.61 Å². The van der Waals surface area contributed by atoms with Crippen LogP contribution in [-0.4, -0.2) is 54.9 Å².